The van der Waals surface area contributed by atoms with Crippen molar-refractivity contribution in [3.05, 3.63) is 24.2 Å². The first-order chi connectivity index (χ1) is 7.09. The number of hydrogen-bond acceptors (Lipinski definition) is 3. The summed E-state index contributed by atoms with van der Waals surface area (Å²) in [4.78, 5) is 13.4. The Morgan fingerprint density at radius 1 is 1.67 bits per heavy atom. The second-order valence-electron chi connectivity index (χ2n) is 3.30. The standard InChI is InChI=1S/C10H14N2O2S/c1-12(7-9(11)15)10(13)5-4-8-3-2-6-14-8/h2-3,6H,4-5,7H2,1H3,(H2,11,15). The molecule has 1 aromatic rings. The molecule has 1 aromatic heterocycles. The van der Waals surface area contributed by atoms with E-state index in [4.69, 9.17) is 22.4 Å². The smallest absolute Gasteiger partial charge is 0.223 e. The van der Waals surface area contributed by atoms with Gasteiger partial charge in [-0.15, -0.1) is 0 Å². The summed E-state index contributed by atoms with van der Waals surface area (Å²) in [5, 5.41) is 0. The Hall–Kier alpha value is -1.36. The highest BCUT2D eigenvalue weighted by atomic mass is 32.1. The zero-order valence-electron chi connectivity index (χ0n) is 8.60. The lowest BCUT2D eigenvalue weighted by molar-refractivity contribution is -0.129. The fourth-order valence-corrected chi connectivity index (χ4v) is 1.39. The SMILES string of the molecule is CN(CC(N)=S)C(=O)CCc1ccco1. The molecule has 1 heterocycles. The minimum atomic E-state index is 0.0131. The normalized spacial score (nSPS) is 9.93. The summed E-state index contributed by atoms with van der Waals surface area (Å²) in [6.07, 6.45) is 2.61. The molecular weight excluding hydrogens is 212 g/mol. The number of carbonyl (C=O) groups is 1. The first-order valence-electron chi connectivity index (χ1n) is 4.64. The number of rotatable bonds is 5. The number of nitrogens with zero attached hydrogens (tertiary/aromatic N) is 1. The molecule has 0 saturated carbocycles. The molecule has 15 heavy (non-hydrogen) atoms. The number of aryl methyl sites for hydroxylation is 1. The molecule has 0 radical (unpaired) electrons. The highest BCUT2D eigenvalue weighted by Gasteiger charge is 2.10. The van der Waals surface area contributed by atoms with E-state index in [2.05, 4.69) is 0 Å². The molecule has 0 spiro atoms. The molecule has 2 N–H and O–H groups in total. The van der Waals surface area contributed by atoms with Crippen molar-refractivity contribution < 1.29 is 9.21 Å². The van der Waals surface area contributed by atoms with Crippen molar-refractivity contribution in [1.29, 1.82) is 0 Å². The van der Waals surface area contributed by atoms with Gasteiger partial charge in [0.2, 0.25) is 5.91 Å². The summed E-state index contributed by atoms with van der Waals surface area (Å²) in [7, 11) is 1.68. The van der Waals surface area contributed by atoms with E-state index in [1.165, 1.54) is 4.90 Å². The van der Waals surface area contributed by atoms with Crippen molar-refractivity contribution in [3.8, 4) is 0 Å². The zero-order chi connectivity index (χ0) is 11.3. The Labute approximate surface area is 94.0 Å². The summed E-state index contributed by atoms with van der Waals surface area (Å²) in [6.45, 7) is 0.326. The van der Waals surface area contributed by atoms with Crippen LogP contribution in [-0.4, -0.2) is 29.4 Å². The Bertz CT molecular complexity index is 335. The largest absolute Gasteiger partial charge is 0.469 e. The van der Waals surface area contributed by atoms with E-state index in [1.807, 2.05) is 6.07 Å². The first-order valence-corrected chi connectivity index (χ1v) is 5.05. The fraction of sp³-hybridized carbons (Fsp3) is 0.400. The van der Waals surface area contributed by atoms with Gasteiger partial charge in [-0.2, -0.15) is 0 Å². The maximum Gasteiger partial charge on any atom is 0.223 e. The predicted molar refractivity (Wildman–Crippen MR) is 61.5 cm³/mol. The van der Waals surface area contributed by atoms with Crippen LogP contribution < -0.4 is 5.73 Å². The fourth-order valence-electron chi connectivity index (χ4n) is 1.20. The third kappa shape index (κ3) is 4.12. The summed E-state index contributed by atoms with van der Waals surface area (Å²) in [5.74, 6) is 0.825. The van der Waals surface area contributed by atoms with Crippen LogP contribution in [0.1, 0.15) is 12.2 Å². The quantitative estimate of drug-likeness (QED) is 0.760. The average molecular weight is 226 g/mol. The molecule has 0 unspecified atom stereocenters. The number of furan rings is 1. The molecule has 0 atom stereocenters. The van der Waals surface area contributed by atoms with Gasteiger partial charge in [0.05, 0.1) is 17.8 Å². The molecule has 0 bridgehead atoms. The van der Waals surface area contributed by atoms with Crippen molar-refractivity contribution in [1.82, 2.24) is 4.90 Å². The molecule has 82 valence electrons. The van der Waals surface area contributed by atoms with Crippen LogP contribution in [0.25, 0.3) is 0 Å². The third-order valence-electron chi connectivity index (χ3n) is 1.98. The molecule has 0 saturated heterocycles. The maximum atomic E-state index is 11.5. The molecule has 0 aromatic carbocycles. The first kappa shape index (κ1) is 11.7. The van der Waals surface area contributed by atoms with Crippen molar-refractivity contribution >= 4 is 23.1 Å². The third-order valence-corrected chi connectivity index (χ3v) is 2.11. The lowest BCUT2D eigenvalue weighted by Crippen LogP contribution is -2.34. The second kappa shape index (κ2) is 5.50. The number of nitrogens with two attached hydrogens (primary N) is 1. The van der Waals surface area contributed by atoms with E-state index < -0.39 is 0 Å². The van der Waals surface area contributed by atoms with Gasteiger partial charge < -0.3 is 15.1 Å². The van der Waals surface area contributed by atoms with Gasteiger partial charge in [-0.25, -0.2) is 0 Å². The molecule has 1 rings (SSSR count). The molecule has 0 aliphatic heterocycles. The number of likely N-dealkylation sites (N-methyl/N-ethyl adjacent to an activating group) is 1. The molecule has 1 amide bonds. The molecule has 0 aliphatic carbocycles. The van der Waals surface area contributed by atoms with Gasteiger partial charge in [0.25, 0.3) is 0 Å². The highest BCUT2D eigenvalue weighted by Crippen LogP contribution is 2.04. The number of thiocarbonyl (C=S) groups is 1. The van der Waals surface area contributed by atoms with E-state index >= 15 is 0 Å². The molecule has 5 heteroatoms. The van der Waals surface area contributed by atoms with Gasteiger partial charge in [-0.1, -0.05) is 12.2 Å². The van der Waals surface area contributed by atoms with E-state index in [0.29, 0.717) is 24.4 Å². The number of hydrogen-bond donors (Lipinski definition) is 1. The molecule has 0 fully saturated rings. The van der Waals surface area contributed by atoms with Crippen LogP contribution in [0.5, 0.6) is 0 Å². The number of carbonyl (C=O) groups excluding carboxylic acids is 1. The van der Waals surface area contributed by atoms with Gasteiger partial charge in [0, 0.05) is 19.9 Å². The Balaban J connectivity index is 2.32. The highest BCUT2D eigenvalue weighted by molar-refractivity contribution is 7.80. The molecular formula is C10H14N2O2S. The van der Waals surface area contributed by atoms with Crippen LogP contribution in [0.2, 0.25) is 0 Å². The summed E-state index contributed by atoms with van der Waals surface area (Å²) in [6, 6.07) is 3.65. The lowest BCUT2D eigenvalue weighted by Gasteiger charge is -2.15. The summed E-state index contributed by atoms with van der Waals surface area (Å²) in [5.41, 5.74) is 5.34. The van der Waals surface area contributed by atoms with Crippen LogP contribution in [0.3, 0.4) is 0 Å². The van der Waals surface area contributed by atoms with Gasteiger partial charge >= 0.3 is 0 Å². The van der Waals surface area contributed by atoms with Gasteiger partial charge in [-0.3, -0.25) is 4.79 Å². The van der Waals surface area contributed by atoms with E-state index in [9.17, 15) is 4.79 Å². The Kier molecular flexibility index (Phi) is 4.30. The van der Waals surface area contributed by atoms with E-state index in [0.717, 1.165) is 5.76 Å². The van der Waals surface area contributed by atoms with Crippen molar-refractivity contribution in [2.45, 2.75) is 12.8 Å². The summed E-state index contributed by atoms with van der Waals surface area (Å²) >= 11 is 4.72. The molecule has 0 aliphatic rings. The summed E-state index contributed by atoms with van der Waals surface area (Å²) < 4.78 is 5.12. The van der Waals surface area contributed by atoms with Crippen LogP contribution in [0.4, 0.5) is 0 Å². The van der Waals surface area contributed by atoms with Gasteiger partial charge in [0.15, 0.2) is 0 Å². The van der Waals surface area contributed by atoms with E-state index in [1.54, 1.807) is 19.4 Å². The van der Waals surface area contributed by atoms with Crippen molar-refractivity contribution in [2.75, 3.05) is 13.6 Å². The van der Waals surface area contributed by atoms with E-state index in [-0.39, 0.29) is 5.91 Å². The average Bonchev–Trinajstić information content (AvgIpc) is 2.65. The minimum absolute atomic E-state index is 0.0131. The van der Waals surface area contributed by atoms with Crippen molar-refractivity contribution in [3.63, 3.8) is 0 Å². The van der Waals surface area contributed by atoms with Crippen LogP contribution >= 0.6 is 12.2 Å². The Morgan fingerprint density at radius 2 is 2.40 bits per heavy atom. The van der Waals surface area contributed by atoms with Gasteiger partial charge in [-0.05, 0) is 12.1 Å². The Morgan fingerprint density at radius 3 is 2.93 bits per heavy atom. The van der Waals surface area contributed by atoms with Crippen molar-refractivity contribution in [2.24, 2.45) is 5.73 Å². The second-order valence-corrected chi connectivity index (χ2v) is 3.82. The van der Waals surface area contributed by atoms with Gasteiger partial charge in [0.1, 0.15) is 5.76 Å². The lowest BCUT2D eigenvalue weighted by atomic mass is 10.2. The minimum Gasteiger partial charge on any atom is -0.469 e. The topological polar surface area (TPSA) is 59.5 Å². The van der Waals surface area contributed by atoms with Crippen LogP contribution in [0.15, 0.2) is 22.8 Å². The molecule has 4 nitrogen and oxygen atoms in total. The maximum absolute atomic E-state index is 11.5. The monoisotopic (exact) mass is 226 g/mol. The zero-order valence-corrected chi connectivity index (χ0v) is 9.42. The predicted octanol–water partition coefficient (Wildman–Crippen LogP) is 0.957. The van der Waals surface area contributed by atoms with Crippen LogP contribution in [-0.2, 0) is 11.2 Å². The number of amides is 1. The van der Waals surface area contributed by atoms with Crippen LogP contribution in [0, 0.1) is 0 Å².